The van der Waals surface area contributed by atoms with E-state index in [0.717, 1.165) is 26.6 Å². The zero-order chi connectivity index (χ0) is 21.0. The molecule has 0 radical (unpaired) electrons. The van der Waals surface area contributed by atoms with Gasteiger partial charge in [-0.1, -0.05) is 23.4 Å². The van der Waals surface area contributed by atoms with Gasteiger partial charge in [-0.25, -0.2) is 9.69 Å². The molecule has 3 amide bonds. The van der Waals surface area contributed by atoms with Gasteiger partial charge < -0.3 is 15.2 Å². The molecule has 2 N–H and O–H groups in total. The van der Waals surface area contributed by atoms with Crippen molar-refractivity contribution in [1.82, 2.24) is 15.0 Å². The van der Waals surface area contributed by atoms with E-state index in [2.05, 4.69) is 10.1 Å². The summed E-state index contributed by atoms with van der Waals surface area (Å²) in [7, 11) is 0. The average Bonchev–Trinajstić information content (AvgIpc) is 3.18. The fraction of sp³-hybridized carbons (Fsp3) is 0.300. The quantitative estimate of drug-likeness (QED) is 0.425. The number of benzene rings is 1. The van der Waals surface area contributed by atoms with Crippen molar-refractivity contribution in [3.8, 4) is 0 Å². The second kappa shape index (κ2) is 8.95. The number of aryl methyl sites for hydroxylation is 2. The molecule has 0 saturated carbocycles. The summed E-state index contributed by atoms with van der Waals surface area (Å²) in [5, 5.41) is 3.88. The highest BCUT2D eigenvalue weighted by molar-refractivity contribution is 7.98. The third kappa shape index (κ3) is 4.34. The number of aromatic nitrogens is 1. The first-order valence-electron chi connectivity index (χ1n) is 9.03. The molecule has 1 saturated heterocycles. The van der Waals surface area contributed by atoms with Crippen LogP contribution in [0.2, 0.25) is 0 Å². The second-order valence-corrected chi connectivity index (χ2v) is 7.39. The first kappa shape index (κ1) is 20.7. The number of nitrogens with zero attached hydrogens (tertiary/aromatic N) is 4. The van der Waals surface area contributed by atoms with Gasteiger partial charge >= 0.3 is 6.03 Å². The van der Waals surface area contributed by atoms with Crippen molar-refractivity contribution in [2.75, 3.05) is 12.8 Å². The third-order valence-corrected chi connectivity index (χ3v) is 5.51. The summed E-state index contributed by atoms with van der Waals surface area (Å²) in [6, 6.07) is 7.40. The van der Waals surface area contributed by atoms with Crippen LogP contribution in [0, 0.1) is 13.8 Å². The first-order chi connectivity index (χ1) is 14.0. The van der Waals surface area contributed by atoms with E-state index in [9.17, 15) is 9.59 Å². The van der Waals surface area contributed by atoms with Gasteiger partial charge in [0.05, 0.1) is 17.9 Å². The number of carbonyl (C=O) groups is 2. The van der Waals surface area contributed by atoms with E-state index < -0.39 is 6.03 Å². The Bertz CT molecular complexity index is 963. The van der Waals surface area contributed by atoms with Crippen LogP contribution in [0.1, 0.15) is 22.6 Å². The van der Waals surface area contributed by atoms with Gasteiger partial charge in [0.25, 0.3) is 5.91 Å². The summed E-state index contributed by atoms with van der Waals surface area (Å²) >= 11 is 1.60. The van der Waals surface area contributed by atoms with Gasteiger partial charge in [-0.15, -0.1) is 11.8 Å². The molecular weight excluding hydrogens is 390 g/mol. The van der Waals surface area contributed by atoms with Gasteiger partial charge in [-0.05, 0) is 31.7 Å². The Morgan fingerprint density at radius 1 is 1.34 bits per heavy atom. The van der Waals surface area contributed by atoms with Crippen molar-refractivity contribution in [2.24, 2.45) is 10.7 Å². The van der Waals surface area contributed by atoms with E-state index >= 15 is 0 Å². The van der Waals surface area contributed by atoms with Crippen LogP contribution in [0.5, 0.6) is 0 Å². The van der Waals surface area contributed by atoms with Gasteiger partial charge in [0.1, 0.15) is 12.3 Å². The average molecular weight is 414 g/mol. The maximum Gasteiger partial charge on any atom is 0.332 e. The van der Waals surface area contributed by atoms with Crippen molar-refractivity contribution < 1.29 is 14.1 Å². The van der Waals surface area contributed by atoms with Crippen molar-refractivity contribution in [3.63, 3.8) is 0 Å². The monoisotopic (exact) mass is 413 g/mol. The largest absolute Gasteiger partial charge is 0.403 e. The minimum Gasteiger partial charge on any atom is -0.403 e. The van der Waals surface area contributed by atoms with E-state index in [1.807, 2.05) is 44.4 Å². The number of rotatable bonds is 7. The summed E-state index contributed by atoms with van der Waals surface area (Å²) in [6.45, 7) is 4.31. The first-order valence-corrected chi connectivity index (χ1v) is 10.3. The molecule has 0 bridgehead atoms. The van der Waals surface area contributed by atoms with Crippen LogP contribution >= 0.6 is 11.8 Å². The molecule has 1 aliphatic heterocycles. The molecule has 3 rings (SSSR count). The zero-order valence-electron chi connectivity index (χ0n) is 16.6. The fourth-order valence-electron chi connectivity index (χ4n) is 3.10. The van der Waals surface area contributed by atoms with E-state index in [4.69, 9.17) is 10.3 Å². The lowest BCUT2D eigenvalue weighted by molar-refractivity contribution is -0.123. The molecule has 152 valence electrons. The number of amides is 3. The molecule has 1 fully saturated rings. The molecule has 9 heteroatoms. The topological polar surface area (TPSA) is 105 Å². The standard InChI is InChI=1S/C20H23N5O3S/c1-13-17(14(2)28-23-13)10-22-9-16(8-21)25-19(26)12-24(20(25)27)11-15-6-4-5-7-18(15)29-3/h4-9H,10-12,21H2,1-3H3. The summed E-state index contributed by atoms with van der Waals surface area (Å²) in [5.41, 5.74) is 8.55. The highest BCUT2D eigenvalue weighted by atomic mass is 32.2. The normalized spacial score (nSPS) is 15.2. The lowest BCUT2D eigenvalue weighted by Crippen LogP contribution is -2.33. The summed E-state index contributed by atoms with van der Waals surface area (Å²) < 4.78 is 5.11. The number of imide groups is 1. The van der Waals surface area contributed by atoms with Gasteiger partial charge in [0, 0.05) is 29.4 Å². The maximum absolute atomic E-state index is 12.9. The molecule has 2 heterocycles. The van der Waals surface area contributed by atoms with Crippen LogP contribution in [-0.4, -0.2) is 45.9 Å². The van der Waals surface area contributed by atoms with Crippen LogP contribution in [0.25, 0.3) is 0 Å². The van der Waals surface area contributed by atoms with E-state index in [1.54, 1.807) is 11.8 Å². The maximum atomic E-state index is 12.9. The van der Waals surface area contributed by atoms with E-state index in [0.29, 0.717) is 18.8 Å². The van der Waals surface area contributed by atoms with Crippen LogP contribution in [0.4, 0.5) is 4.79 Å². The Morgan fingerprint density at radius 2 is 2.10 bits per heavy atom. The van der Waals surface area contributed by atoms with Crippen LogP contribution < -0.4 is 5.73 Å². The van der Waals surface area contributed by atoms with Crippen LogP contribution in [0.15, 0.2) is 50.6 Å². The Kier molecular flexibility index (Phi) is 6.38. The van der Waals surface area contributed by atoms with Crippen molar-refractivity contribution in [1.29, 1.82) is 0 Å². The van der Waals surface area contributed by atoms with Gasteiger partial charge in [-0.3, -0.25) is 9.79 Å². The fourth-order valence-corrected chi connectivity index (χ4v) is 3.71. The molecule has 0 aliphatic carbocycles. The number of urea groups is 1. The van der Waals surface area contributed by atoms with Crippen molar-refractivity contribution in [3.05, 3.63) is 58.7 Å². The predicted molar refractivity (Wildman–Crippen MR) is 111 cm³/mol. The summed E-state index contributed by atoms with van der Waals surface area (Å²) in [5.74, 6) is 0.349. The number of hydrogen-bond donors (Lipinski definition) is 1. The Labute approximate surface area is 173 Å². The van der Waals surface area contributed by atoms with Gasteiger partial charge in [0.2, 0.25) is 0 Å². The summed E-state index contributed by atoms with van der Waals surface area (Å²) in [4.78, 5) is 33.3. The molecule has 1 aliphatic rings. The molecular formula is C20H23N5O3S. The van der Waals surface area contributed by atoms with E-state index in [-0.39, 0.29) is 18.1 Å². The molecule has 0 spiro atoms. The van der Waals surface area contributed by atoms with Crippen molar-refractivity contribution in [2.45, 2.75) is 31.8 Å². The molecule has 1 aromatic heterocycles. The number of thioether (sulfide) groups is 1. The van der Waals surface area contributed by atoms with Crippen molar-refractivity contribution >= 4 is 29.9 Å². The minimum atomic E-state index is -0.411. The molecule has 2 aromatic rings. The highest BCUT2D eigenvalue weighted by Crippen LogP contribution is 2.24. The lowest BCUT2D eigenvalue weighted by Gasteiger charge is -2.18. The van der Waals surface area contributed by atoms with Gasteiger partial charge in [0.15, 0.2) is 0 Å². The molecule has 8 nitrogen and oxygen atoms in total. The Balaban J connectivity index is 1.73. The lowest BCUT2D eigenvalue weighted by atomic mass is 10.2. The summed E-state index contributed by atoms with van der Waals surface area (Å²) in [6.07, 6.45) is 4.62. The highest BCUT2D eigenvalue weighted by Gasteiger charge is 2.38. The molecule has 0 unspecified atom stereocenters. The molecule has 1 aromatic carbocycles. The van der Waals surface area contributed by atoms with Crippen LogP contribution in [0.3, 0.4) is 0 Å². The predicted octanol–water partition coefficient (Wildman–Crippen LogP) is 2.85. The van der Waals surface area contributed by atoms with Gasteiger partial charge in [-0.2, -0.15) is 0 Å². The SMILES string of the molecule is CSc1ccccc1CN1CC(=O)N(C(C=NCc2c(C)noc2C)=CN)C1=O. The number of nitrogens with two attached hydrogens (primary N) is 1. The number of hydrogen-bond acceptors (Lipinski definition) is 7. The third-order valence-electron chi connectivity index (χ3n) is 4.67. The number of aliphatic imine (C=N–C) groups is 1. The molecule has 0 atom stereocenters. The molecule has 29 heavy (non-hydrogen) atoms. The zero-order valence-corrected chi connectivity index (χ0v) is 17.4. The smallest absolute Gasteiger partial charge is 0.332 e. The Hall–Kier alpha value is -3.07. The minimum absolute atomic E-state index is 0.00338. The van der Waals surface area contributed by atoms with E-state index in [1.165, 1.54) is 17.3 Å². The Morgan fingerprint density at radius 3 is 2.76 bits per heavy atom. The van der Waals surface area contributed by atoms with Crippen LogP contribution in [-0.2, 0) is 17.9 Å². The second-order valence-electron chi connectivity index (χ2n) is 6.54. The number of allylic oxidation sites excluding steroid dienone is 1. The number of carbonyl (C=O) groups excluding carboxylic acids is 2.